The first kappa shape index (κ1) is 10.2. The molecule has 0 bridgehead atoms. The number of halogens is 1. The van der Waals surface area contributed by atoms with Crippen LogP contribution in [0.1, 0.15) is 0 Å². The summed E-state index contributed by atoms with van der Waals surface area (Å²) in [6.07, 6.45) is 1.81. The topological polar surface area (TPSA) is 54.3 Å². The van der Waals surface area contributed by atoms with Crippen molar-refractivity contribution in [3.63, 3.8) is 0 Å². The molecule has 1 aromatic carbocycles. The molecule has 2 N–H and O–H groups in total. The highest BCUT2D eigenvalue weighted by Gasteiger charge is 2.05. The maximum absolute atomic E-state index is 11.0. The average Bonchev–Trinajstić information content (AvgIpc) is 2.60. The maximum Gasteiger partial charge on any atom is 0.263 e. The zero-order valence-corrected chi connectivity index (χ0v) is 9.36. The minimum atomic E-state index is -0.435. The van der Waals surface area contributed by atoms with Crippen LogP contribution in [0.3, 0.4) is 0 Å². The molecular formula is C10H9BrN2O2. The summed E-state index contributed by atoms with van der Waals surface area (Å²) >= 11 is 3.38. The highest BCUT2D eigenvalue weighted by molar-refractivity contribution is 9.10. The van der Waals surface area contributed by atoms with E-state index < -0.39 is 5.91 Å². The molecule has 1 aromatic heterocycles. The number of hydrogen-bond acceptors (Lipinski definition) is 2. The van der Waals surface area contributed by atoms with Gasteiger partial charge in [-0.25, -0.2) is 5.48 Å². The van der Waals surface area contributed by atoms with E-state index in [-0.39, 0.29) is 6.54 Å². The number of rotatable bonds is 2. The van der Waals surface area contributed by atoms with Crippen LogP contribution in [-0.4, -0.2) is 15.7 Å². The summed E-state index contributed by atoms with van der Waals surface area (Å²) in [7, 11) is 0. The molecular weight excluding hydrogens is 260 g/mol. The molecule has 0 fully saturated rings. The van der Waals surface area contributed by atoms with Crippen molar-refractivity contribution in [1.29, 1.82) is 0 Å². The largest absolute Gasteiger partial charge is 0.338 e. The van der Waals surface area contributed by atoms with E-state index in [4.69, 9.17) is 5.21 Å². The van der Waals surface area contributed by atoms with Crippen molar-refractivity contribution in [2.24, 2.45) is 0 Å². The maximum atomic E-state index is 11.0. The summed E-state index contributed by atoms with van der Waals surface area (Å²) in [5.74, 6) is -0.435. The predicted octanol–water partition coefficient (Wildman–Crippen LogP) is 1.91. The van der Waals surface area contributed by atoms with Crippen LogP contribution >= 0.6 is 15.9 Å². The fraction of sp³-hybridized carbons (Fsp3) is 0.100. The lowest BCUT2D eigenvalue weighted by Crippen LogP contribution is -2.23. The molecule has 2 rings (SSSR count). The lowest BCUT2D eigenvalue weighted by atomic mass is 10.2. The van der Waals surface area contributed by atoms with Crippen LogP contribution in [0.25, 0.3) is 10.9 Å². The van der Waals surface area contributed by atoms with Gasteiger partial charge in [-0.2, -0.15) is 0 Å². The first-order valence-corrected chi connectivity index (χ1v) is 5.17. The van der Waals surface area contributed by atoms with Crippen LogP contribution < -0.4 is 5.48 Å². The van der Waals surface area contributed by atoms with Gasteiger partial charge in [0.25, 0.3) is 5.91 Å². The van der Waals surface area contributed by atoms with Crippen LogP contribution in [0.5, 0.6) is 0 Å². The second kappa shape index (κ2) is 4.04. The summed E-state index contributed by atoms with van der Waals surface area (Å²) in [5.41, 5.74) is 2.57. The van der Waals surface area contributed by atoms with E-state index in [0.717, 1.165) is 15.4 Å². The first-order chi connectivity index (χ1) is 7.20. The molecule has 5 heteroatoms. The van der Waals surface area contributed by atoms with Crippen LogP contribution in [0, 0.1) is 0 Å². The predicted molar refractivity (Wildman–Crippen MR) is 59.6 cm³/mol. The summed E-state index contributed by atoms with van der Waals surface area (Å²) in [6.45, 7) is 0.113. The number of amides is 1. The van der Waals surface area contributed by atoms with E-state index >= 15 is 0 Å². The van der Waals surface area contributed by atoms with Gasteiger partial charge >= 0.3 is 0 Å². The normalized spacial score (nSPS) is 10.5. The third-order valence-corrected chi connectivity index (χ3v) is 2.66. The Morgan fingerprint density at radius 2 is 2.27 bits per heavy atom. The molecule has 0 aliphatic rings. The molecule has 15 heavy (non-hydrogen) atoms. The van der Waals surface area contributed by atoms with E-state index in [1.165, 1.54) is 0 Å². The second-order valence-corrected chi connectivity index (χ2v) is 4.10. The van der Waals surface area contributed by atoms with Crippen molar-refractivity contribution in [2.45, 2.75) is 6.54 Å². The third-order valence-electron chi connectivity index (χ3n) is 2.17. The number of hydrogen-bond donors (Lipinski definition) is 2. The SMILES string of the molecule is O=C(Cn1ccc2cc(Br)ccc21)NO. The van der Waals surface area contributed by atoms with E-state index in [2.05, 4.69) is 15.9 Å². The lowest BCUT2D eigenvalue weighted by molar-refractivity contribution is -0.129. The number of hydroxylamine groups is 1. The summed E-state index contributed by atoms with van der Waals surface area (Å²) < 4.78 is 2.77. The van der Waals surface area contributed by atoms with Gasteiger partial charge < -0.3 is 4.57 Å². The van der Waals surface area contributed by atoms with E-state index in [1.807, 2.05) is 30.5 Å². The second-order valence-electron chi connectivity index (χ2n) is 3.18. The fourth-order valence-corrected chi connectivity index (χ4v) is 1.88. The van der Waals surface area contributed by atoms with Gasteiger partial charge in [0.05, 0.1) is 0 Å². The Morgan fingerprint density at radius 1 is 1.47 bits per heavy atom. The molecule has 2 aromatic rings. The van der Waals surface area contributed by atoms with Gasteiger partial charge in [-0.05, 0) is 24.3 Å². The standard InChI is InChI=1S/C10H9BrN2O2/c11-8-1-2-9-7(5-8)3-4-13(9)6-10(14)12-15/h1-5,15H,6H2,(H,12,14). The van der Waals surface area contributed by atoms with Crippen LogP contribution in [-0.2, 0) is 11.3 Å². The molecule has 0 saturated carbocycles. The number of fused-ring (bicyclic) bond motifs is 1. The quantitative estimate of drug-likeness (QED) is 0.646. The van der Waals surface area contributed by atoms with Gasteiger partial charge in [0, 0.05) is 21.6 Å². The smallest absolute Gasteiger partial charge is 0.263 e. The third kappa shape index (κ3) is 2.03. The number of benzene rings is 1. The fourth-order valence-electron chi connectivity index (χ4n) is 1.50. The molecule has 4 nitrogen and oxygen atoms in total. The zero-order valence-electron chi connectivity index (χ0n) is 7.77. The molecule has 0 saturated heterocycles. The molecule has 0 aliphatic heterocycles. The number of aromatic nitrogens is 1. The van der Waals surface area contributed by atoms with Gasteiger partial charge in [-0.15, -0.1) is 0 Å². The Hall–Kier alpha value is -1.33. The zero-order chi connectivity index (χ0) is 10.8. The Balaban J connectivity index is 2.41. The van der Waals surface area contributed by atoms with Crippen molar-refractivity contribution in [1.82, 2.24) is 10.0 Å². The molecule has 0 aliphatic carbocycles. The van der Waals surface area contributed by atoms with E-state index in [9.17, 15) is 4.79 Å². The van der Waals surface area contributed by atoms with Gasteiger partial charge in [-0.3, -0.25) is 10.0 Å². The average molecular weight is 269 g/mol. The highest BCUT2D eigenvalue weighted by Crippen LogP contribution is 2.20. The molecule has 1 amide bonds. The monoisotopic (exact) mass is 268 g/mol. The Labute approximate surface area is 94.6 Å². The Morgan fingerprint density at radius 3 is 3.00 bits per heavy atom. The van der Waals surface area contributed by atoms with Gasteiger partial charge in [0.15, 0.2) is 0 Å². The Kier molecular flexibility index (Phi) is 2.75. The van der Waals surface area contributed by atoms with Crippen molar-refractivity contribution in [2.75, 3.05) is 0 Å². The van der Waals surface area contributed by atoms with E-state index in [1.54, 1.807) is 10.0 Å². The summed E-state index contributed by atoms with van der Waals surface area (Å²) in [6, 6.07) is 7.73. The van der Waals surface area contributed by atoms with Crippen LogP contribution in [0.15, 0.2) is 34.9 Å². The van der Waals surface area contributed by atoms with Gasteiger partial charge in [-0.1, -0.05) is 15.9 Å². The lowest BCUT2D eigenvalue weighted by Gasteiger charge is -2.03. The number of carbonyl (C=O) groups is 1. The molecule has 0 radical (unpaired) electrons. The molecule has 0 unspecified atom stereocenters. The summed E-state index contributed by atoms with van der Waals surface area (Å²) in [4.78, 5) is 11.0. The summed E-state index contributed by atoms with van der Waals surface area (Å²) in [5, 5.41) is 9.48. The van der Waals surface area contributed by atoms with Gasteiger partial charge in [0.1, 0.15) is 6.54 Å². The van der Waals surface area contributed by atoms with Crippen molar-refractivity contribution in [3.8, 4) is 0 Å². The molecule has 1 heterocycles. The highest BCUT2D eigenvalue weighted by atomic mass is 79.9. The molecule has 0 spiro atoms. The minimum Gasteiger partial charge on any atom is -0.338 e. The Bertz CT molecular complexity index is 507. The van der Waals surface area contributed by atoms with Crippen LogP contribution in [0.2, 0.25) is 0 Å². The number of carbonyl (C=O) groups excluding carboxylic acids is 1. The van der Waals surface area contributed by atoms with Crippen molar-refractivity contribution >= 4 is 32.7 Å². The van der Waals surface area contributed by atoms with Crippen molar-refractivity contribution < 1.29 is 10.0 Å². The minimum absolute atomic E-state index is 0.113. The van der Waals surface area contributed by atoms with Crippen LogP contribution in [0.4, 0.5) is 0 Å². The molecule has 78 valence electrons. The number of nitrogens with one attached hydrogen (secondary N) is 1. The van der Waals surface area contributed by atoms with Crippen molar-refractivity contribution in [3.05, 3.63) is 34.9 Å². The number of nitrogens with zero attached hydrogens (tertiary/aromatic N) is 1. The van der Waals surface area contributed by atoms with Gasteiger partial charge in [0.2, 0.25) is 0 Å². The molecule has 0 atom stereocenters. The van der Waals surface area contributed by atoms with E-state index in [0.29, 0.717) is 0 Å². The first-order valence-electron chi connectivity index (χ1n) is 4.38.